The van der Waals surface area contributed by atoms with E-state index >= 15 is 0 Å². The standard InChI is InChI=1S/C7H12N2O/c10-7-3-6-9-5-2-1-4-8-9/h1-2,4-5,8,10H,3,6-7H2. The van der Waals surface area contributed by atoms with Crippen molar-refractivity contribution in [3.63, 3.8) is 0 Å². The van der Waals surface area contributed by atoms with Gasteiger partial charge < -0.3 is 10.5 Å². The number of hydrogen-bond acceptors (Lipinski definition) is 3. The molecule has 10 heavy (non-hydrogen) atoms. The maximum Gasteiger partial charge on any atom is 0.0448 e. The molecule has 2 N–H and O–H groups in total. The summed E-state index contributed by atoms with van der Waals surface area (Å²) in [5, 5.41) is 10.4. The van der Waals surface area contributed by atoms with Crippen LogP contribution in [0.2, 0.25) is 0 Å². The first-order valence-corrected chi connectivity index (χ1v) is 3.40. The second-order valence-electron chi connectivity index (χ2n) is 2.10. The molecule has 1 heterocycles. The first-order chi connectivity index (χ1) is 4.93. The summed E-state index contributed by atoms with van der Waals surface area (Å²) in [4.78, 5) is 0. The maximum atomic E-state index is 8.50. The third-order valence-corrected chi connectivity index (χ3v) is 1.27. The van der Waals surface area contributed by atoms with E-state index in [0.29, 0.717) is 0 Å². The molecule has 0 aliphatic carbocycles. The average molecular weight is 140 g/mol. The van der Waals surface area contributed by atoms with E-state index in [1.54, 1.807) is 0 Å². The fourth-order valence-electron chi connectivity index (χ4n) is 0.771. The van der Waals surface area contributed by atoms with Gasteiger partial charge in [0.15, 0.2) is 0 Å². The Bertz CT molecular complexity index is 143. The number of allylic oxidation sites excluding steroid dienone is 2. The first-order valence-electron chi connectivity index (χ1n) is 3.40. The van der Waals surface area contributed by atoms with Crippen molar-refractivity contribution in [3.05, 3.63) is 24.6 Å². The molecule has 0 spiro atoms. The van der Waals surface area contributed by atoms with Gasteiger partial charge in [0.1, 0.15) is 0 Å². The minimum absolute atomic E-state index is 0.246. The van der Waals surface area contributed by atoms with Crippen LogP contribution in [0.15, 0.2) is 24.6 Å². The zero-order valence-corrected chi connectivity index (χ0v) is 5.83. The van der Waals surface area contributed by atoms with Crippen LogP contribution >= 0.6 is 0 Å². The molecule has 0 aromatic carbocycles. The van der Waals surface area contributed by atoms with Crippen LogP contribution in [-0.4, -0.2) is 23.3 Å². The largest absolute Gasteiger partial charge is 0.396 e. The number of nitrogens with zero attached hydrogens (tertiary/aromatic N) is 1. The Hall–Kier alpha value is -0.960. The van der Waals surface area contributed by atoms with Crippen LogP contribution in [0.4, 0.5) is 0 Å². The summed E-state index contributed by atoms with van der Waals surface area (Å²) in [6, 6.07) is 0. The van der Waals surface area contributed by atoms with Crippen molar-refractivity contribution >= 4 is 0 Å². The van der Waals surface area contributed by atoms with Crippen LogP contribution in [-0.2, 0) is 0 Å². The van der Waals surface area contributed by atoms with Crippen LogP contribution in [0.5, 0.6) is 0 Å². The molecule has 1 aliphatic heterocycles. The smallest absolute Gasteiger partial charge is 0.0448 e. The number of hydrogen-bond donors (Lipinski definition) is 2. The van der Waals surface area contributed by atoms with E-state index in [1.807, 2.05) is 29.6 Å². The van der Waals surface area contributed by atoms with Gasteiger partial charge in [-0.2, -0.15) is 0 Å². The van der Waals surface area contributed by atoms with Crippen molar-refractivity contribution in [2.75, 3.05) is 13.2 Å². The second-order valence-corrected chi connectivity index (χ2v) is 2.10. The summed E-state index contributed by atoms with van der Waals surface area (Å²) >= 11 is 0. The molecular formula is C7H12N2O. The highest BCUT2D eigenvalue weighted by atomic mass is 16.3. The Morgan fingerprint density at radius 3 is 2.90 bits per heavy atom. The molecule has 0 unspecified atom stereocenters. The molecule has 0 aromatic heterocycles. The van der Waals surface area contributed by atoms with Crippen molar-refractivity contribution in [2.45, 2.75) is 6.42 Å². The molecular weight excluding hydrogens is 128 g/mol. The van der Waals surface area contributed by atoms with E-state index in [9.17, 15) is 0 Å². The van der Waals surface area contributed by atoms with Crippen LogP contribution in [0, 0.1) is 0 Å². The fraction of sp³-hybridized carbons (Fsp3) is 0.429. The fourth-order valence-corrected chi connectivity index (χ4v) is 0.771. The summed E-state index contributed by atoms with van der Waals surface area (Å²) in [7, 11) is 0. The van der Waals surface area contributed by atoms with E-state index in [2.05, 4.69) is 5.43 Å². The van der Waals surface area contributed by atoms with Gasteiger partial charge in [-0.3, -0.25) is 5.01 Å². The number of nitrogens with one attached hydrogen (secondary N) is 1. The predicted octanol–water partition coefficient (Wildman–Crippen LogP) is 0.216. The van der Waals surface area contributed by atoms with Crippen molar-refractivity contribution in [2.24, 2.45) is 0 Å². The van der Waals surface area contributed by atoms with E-state index < -0.39 is 0 Å². The highest BCUT2D eigenvalue weighted by Gasteiger charge is 1.95. The van der Waals surface area contributed by atoms with Gasteiger partial charge in [-0.15, -0.1) is 0 Å². The summed E-state index contributed by atoms with van der Waals surface area (Å²) in [6.07, 6.45) is 8.47. The number of rotatable bonds is 3. The number of hydrazine groups is 1. The normalized spacial score (nSPS) is 15.5. The quantitative estimate of drug-likeness (QED) is 0.588. The molecule has 1 aliphatic rings. The lowest BCUT2D eigenvalue weighted by atomic mass is 10.4. The molecule has 0 saturated heterocycles. The molecule has 0 fully saturated rings. The van der Waals surface area contributed by atoms with E-state index in [0.717, 1.165) is 13.0 Å². The zero-order chi connectivity index (χ0) is 7.23. The lowest BCUT2D eigenvalue weighted by molar-refractivity contribution is 0.239. The maximum absolute atomic E-state index is 8.50. The van der Waals surface area contributed by atoms with E-state index in [4.69, 9.17) is 5.11 Å². The molecule has 0 atom stereocenters. The number of aliphatic hydroxyl groups is 1. The van der Waals surface area contributed by atoms with Crippen molar-refractivity contribution in [3.8, 4) is 0 Å². The SMILES string of the molecule is OCCCN1C=CC=CN1. The Balaban J connectivity index is 2.17. The number of aliphatic hydroxyl groups excluding tert-OH is 1. The van der Waals surface area contributed by atoms with Gasteiger partial charge in [-0.25, -0.2) is 0 Å². The minimum Gasteiger partial charge on any atom is -0.396 e. The molecule has 0 bridgehead atoms. The van der Waals surface area contributed by atoms with Crippen LogP contribution in [0.1, 0.15) is 6.42 Å². The van der Waals surface area contributed by atoms with Gasteiger partial charge >= 0.3 is 0 Å². The molecule has 0 radical (unpaired) electrons. The summed E-state index contributed by atoms with van der Waals surface area (Å²) in [5.74, 6) is 0. The predicted molar refractivity (Wildman–Crippen MR) is 39.8 cm³/mol. The summed E-state index contributed by atoms with van der Waals surface area (Å²) in [5.41, 5.74) is 3.01. The van der Waals surface area contributed by atoms with Crippen molar-refractivity contribution in [1.82, 2.24) is 10.4 Å². The monoisotopic (exact) mass is 140 g/mol. The van der Waals surface area contributed by atoms with E-state index in [-0.39, 0.29) is 6.61 Å². The third-order valence-electron chi connectivity index (χ3n) is 1.27. The van der Waals surface area contributed by atoms with Gasteiger partial charge in [0, 0.05) is 25.6 Å². The van der Waals surface area contributed by atoms with Crippen LogP contribution < -0.4 is 5.43 Å². The summed E-state index contributed by atoms with van der Waals surface area (Å²) in [6.45, 7) is 1.09. The topological polar surface area (TPSA) is 35.5 Å². The molecule has 3 heteroatoms. The van der Waals surface area contributed by atoms with Gasteiger partial charge in [0.05, 0.1) is 0 Å². The molecule has 56 valence electrons. The Kier molecular flexibility index (Phi) is 2.83. The Labute approximate surface area is 60.6 Å². The molecule has 1 rings (SSSR count). The second kappa shape index (κ2) is 3.95. The summed E-state index contributed by atoms with van der Waals surface area (Å²) < 4.78 is 0. The molecule has 0 aromatic rings. The highest BCUT2D eigenvalue weighted by Crippen LogP contribution is 1.93. The Morgan fingerprint density at radius 2 is 2.30 bits per heavy atom. The highest BCUT2D eigenvalue weighted by molar-refractivity contribution is 5.04. The van der Waals surface area contributed by atoms with Crippen LogP contribution in [0.25, 0.3) is 0 Å². The Morgan fingerprint density at radius 1 is 1.40 bits per heavy atom. The molecule has 0 amide bonds. The van der Waals surface area contributed by atoms with Gasteiger partial charge in [0.2, 0.25) is 0 Å². The van der Waals surface area contributed by atoms with Gasteiger partial charge in [-0.1, -0.05) is 0 Å². The first kappa shape index (κ1) is 7.15. The zero-order valence-electron chi connectivity index (χ0n) is 5.83. The minimum atomic E-state index is 0.246. The molecule has 0 saturated carbocycles. The molecule has 3 nitrogen and oxygen atoms in total. The van der Waals surface area contributed by atoms with E-state index in [1.165, 1.54) is 0 Å². The van der Waals surface area contributed by atoms with Crippen molar-refractivity contribution < 1.29 is 5.11 Å². The third kappa shape index (κ3) is 2.11. The average Bonchev–Trinajstić information content (AvgIpc) is 2.03. The van der Waals surface area contributed by atoms with Gasteiger partial charge in [-0.05, 0) is 18.6 Å². The van der Waals surface area contributed by atoms with Crippen LogP contribution in [0.3, 0.4) is 0 Å². The lowest BCUT2D eigenvalue weighted by Gasteiger charge is -2.21. The van der Waals surface area contributed by atoms with Crippen molar-refractivity contribution in [1.29, 1.82) is 0 Å². The van der Waals surface area contributed by atoms with Gasteiger partial charge in [0.25, 0.3) is 0 Å². The lowest BCUT2D eigenvalue weighted by Crippen LogP contribution is -2.31.